The van der Waals surface area contributed by atoms with Gasteiger partial charge in [0.1, 0.15) is 29.5 Å². The van der Waals surface area contributed by atoms with Crippen LogP contribution >= 0.6 is 0 Å². The third kappa shape index (κ3) is 5.97. The van der Waals surface area contributed by atoms with E-state index in [-0.39, 0.29) is 18.3 Å². The van der Waals surface area contributed by atoms with Crippen molar-refractivity contribution in [2.75, 3.05) is 25.1 Å². The van der Waals surface area contributed by atoms with E-state index in [4.69, 9.17) is 9.47 Å². The second-order valence-electron chi connectivity index (χ2n) is 7.35. The third-order valence-corrected chi connectivity index (χ3v) is 4.96. The van der Waals surface area contributed by atoms with Crippen LogP contribution in [0.4, 0.5) is 10.2 Å². The predicted molar refractivity (Wildman–Crippen MR) is 125 cm³/mol. The van der Waals surface area contributed by atoms with Crippen molar-refractivity contribution in [2.24, 2.45) is 0 Å². The molecule has 176 valence electrons. The molecule has 9 nitrogen and oxygen atoms in total. The van der Waals surface area contributed by atoms with E-state index >= 15 is 0 Å². The fraction of sp³-hybridized carbons (Fsp3) is 0.250. The molecule has 0 bridgehead atoms. The van der Waals surface area contributed by atoms with E-state index in [2.05, 4.69) is 25.7 Å². The van der Waals surface area contributed by atoms with Crippen molar-refractivity contribution in [3.63, 3.8) is 0 Å². The number of amides is 1. The molecule has 0 saturated carbocycles. The molecule has 0 saturated heterocycles. The molecular formula is C24H25FN6O3. The van der Waals surface area contributed by atoms with Crippen molar-refractivity contribution < 1.29 is 18.7 Å². The highest BCUT2D eigenvalue weighted by Gasteiger charge is 2.10. The zero-order valence-corrected chi connectivity index (χ0v) is 18.7. The second kappa shape index (κ2) is 11.1. The van der Waals surface area contributed by atoms with Crippen molar-refractivity contribution >= 4 is 22.8 Å². The summed E-state index contributed by atoms with van der Waals surface area (Å²) in [4.78, 5) is 20.7. The molecule has 0 unspecified atom stereocenters. The Labute approximate surface area is 195 Å². The Balaban J connectivity index is 1.26. The first kappa shape index (κ1) is 23.0. The molecule has 2 heterocycles. The molecule has 10 heteroatoms. The van der Waals surface area contributed by atoms with Gasteiger partial charge in [0.2, 0.25) is 0 Å². The van der Waals surface area contributed by atoms with Crippen molar-refractivity contribution in [3.8, 4) is 11.5 Å². The topological polar surface area (TPSA) is 103 Å². The zero-order valence-electron chi connectivity index (χ0n) is 18.7. The van der Waals surface area contributed by atoms with Crippen molar-refractivity contribution in [3.05, 3.63) is 72.4 Å². The van der Waals surface area contributed by atoms with Gasteiger partial charge in [0.15, 0.2) is 12.3 Å². The summed E-state index contributed by atoms with van der Waals surface area (Å²) in [6, 6.07) is 13.4. The molecule has 0 aliphatic heterocycles. The molecule has 1 amide bonds. The van der Waals surface area contributed by atoms with Gasteiger partial charge in [-0.05, 0) is 48.9 Å². The first-order chi connectivity index (χ1) is 16.6. The average Bonchev–Trinajstić information content (AvgIpc) is 3.27. The van der Waals surface area contributed by atoms with Crippen LogP contribution in [0.3, 0.4) is 0 Å². The van der Waals surface area contributed by atoms with E-state index in [0.29, 0.717) is 43.5 Å². The fourth-order valence-corrected chi connectivity index (χ4v) is 3.29. The molecule has 0 atom stereocenters. The van der Waals surface area contributed by atoms with Gasteiger partial charge in [0.25, 0.3) is 5.91 Å². The molecule has 2 aromatic heterocycles. The first-order valence-electron chi connectivity index (χ1n) is 10.9. The number of hydrogen-bond acceptors (Lipinski definition) is 7. The smallest absolute Gasteiger partial charge is 0.258 e. The van der Waals surface area contributed by atoms with Gasteiger partial charge in [-0.1, -0.05) is 12.1 Å². The lowest BCUT2D eigenvalue weighted by molar-refractivity contribution is -0.123. The summed E-state index contributed by atoms with van der Waals surface area (Å²) in [5.41, 5.74) is 1.58. The molecular weight excluding hydrogens is 439 g/mol. The number of ether oxygens (including phenoxy) is 2. The Morgan fingerprint density at radius 1 is 1.03 bits per heavy atom. The Hall–Kier alpha value is -4.21. The minimum absolute atomic E-state index is 0.0898. The average molecular weight is 465 g/mol. The number of fused-ring (bicyclic) bond motifs is 1. The van der Waals surface area contributed by atoms with Crippen LogP contribution in [0.25, 0.3) is 11.0 Å². The second-order valence-corrected chi connectivity index (χ2v) is 7.35. The number of hydrogen-bond donors (Lipinski definition) is 2. The van der Waals surface area contributed by atoms with Crippen LogP contribution in [0.5, 0.6) is 11.5 Å². The van der Waals surface area contributed by atoms with Crippen LogP contribution in [-0.2, 0) is 17.9 Å². The number of carbonyl (C=O) groups excluding carboxylic acids is 1. The predicted octanol–water partition coefficient (Wildman–Crippen LogP) is 3.17. The van der Waals surface area contributed by atoms with Gasteiger partial charge in [-0.25, -0.2) is 19.0 Å². The first-order valence-corrected chi connectivity index (χ1v) is 10.9. The van der Waals surface area contributed by atoms with Gasteiger partial charge in [-0.3, -0.25) is 4.79 Å². The number of carbonyl (C=O) groups is 1. The lowest BCUT2D eigenvalue weighted by Gasteiger charge is -2.09. The van der Waals surface area contributed by atoms with E-state index in [1.54, 1.807) is 47.3 Å². The minimum Gasteiger partial charge on any atom is -0.494 e. The highest BCUT2D eigenvalue weighted by Crippen LogP contribution is 2.19. The maximum Gasteiger partial charge on any atom is 0.258 e. The zero-order chi connectivity index (χ0) is 23.8. The van der Waals surface area contributed by atoms with Crippen LogP contribution < -0.4 is 20.1 Å². The summed E-state index contributed by atoms with van der Waals surface area (Å²) in [5.74, 6) is 1.47. The SMILES string of the molecule is CCOc1ccc(OCC(=O)NCCn2ncc3c(NCc4ccc(F)cc4)ncnc32)cc1. The van der Waals surface area contributed by atoms with Crippen LogP contribution in [0.15, 0.2) is 61.1 Å². The number of rotatable bonds is 11. The van der Waals surface area contributed by atoms with Gasteiger partial charge >= 0.3 is 0 Å². The standard InChI is InChI=1S/C24H25FN6O3/c1-2-33-19-7-9-20(10-8-19)34-15-22(32)26-11-12-31-24-21(14-30-31)23(28-16-29-24)27-13-17-3-5-18(25)6-4-17/h3-10,14,16H,2,11-13,15H2,1H3,(H,26,32)(H,27,28,29). The van der Waals surface area contributed by atoms with Crippen LogP contribution in [0.1, 0.15) is 12.5 Å². The number of benzene rings is 2. The Kier molecular flexibility index (Phi) is 7.49. The number of anilines is 1. The van der Waals surface area contributed by atoms with Crippen molar-refractivity contribution in [1.29, 1.82) is 0 Å². The third-order valence-electron chi connectivity index (χ3n) is 4.96. The van der Waals surface area contributed by atoms with E-state index in [9.17, 15) is 9.18 Å². The normalized spacial score (nSPS) is 10.8. The molecule has 0 spiro atoms. The minimum atomic E-state index is -0.274. The van der Waals surface area contributed by atoms with Gasteiger partial charge in [-0.2, -0.15) is 5.10 Å². The molecule has 34 heavy (non-hydrogen) atoms. The van der Waals surface area contributed by atoms with Crippen LogP contribution in [-0.4, -0.2) is 45.4 Å². The monoisotopic (exact) mass is 464 g/mol. The lowest BCUT2D eigenvalue weighted by Crippen LogP contribution is -2.31. The Morgan fingerprint density at radius 2 is 1.76 bits per heavy atom. The summed E-state index contributed by atoms with van der Waals surface area (Å²) in [6.45, 7) is 3.71. The van der Waals surface area contributed by atoms with E-state index in [0.717, 1.165) is 16.7 Å². The fourth-order valence-electron chi connectivity index (χ4n) is 3.29. The molecule has 0 radical (unpaired) electrons. The van der Waals surface area contributed by atoms with Gasteiger partial charge in [-0.15, -0.1) is 0 Å². The number of aromatic nitrogens is 4. The van der Waals surface area contributed by atoms with Gasteiger partial charge in [0, 0.05) is 13.1 Å². The molecule has 0 fully saturated rings. The van der Waals surface area contributed by atoms with Crippen LogP contribution in [0.2, 0.25) is 0 Å². The molecule has 0 aliphatic rings. The largest absolute Gasteiger partial charge is 0.494 e. The lowest BCUT2D eigenvalue weighted by atomic mass is 10.2. The number of halogens is 1. The molecule has 2 N–H and O–H groups in total. The number of nitrogens with one attached hydrogen (secondary N) is 2. The maximum atomic E-state index is 13.1. The quantitative estimate of drug-likeness (QED) is 0.351. The van der Waals surface area contributed by atoms with Crippen molar-refractivity contribution in [1.82, 2.24) is 25.1 Å². The Morgan fingerprint density at radius 3 is 2.50 bits per heavy atom. The maximum absolute atomic E-state index is 13.1. The highest BCUT2D eigenvalue weighted by molar-refractivity contribution is 5.86. The summed E-state index contributed by atoms with van der Waals surface area (Å²) < 4.78 is 25.7. The molecule has 4 rings (SSSR count). The summed E-state index contributed by atoms with van der Waals surface area (Å²) in [7, 11) is 0. The van der Waals surface area contributed by atoms with Gasteiger partial charge < -0.3 is 20.1 Å². The van der Waals surface area contributed by atoms with Crippen molar-refractivity contribution in [2.45, 2.75) is 20.0 Å². The van der Waals surface area contributed by atoms with Crippen LogP contribution in [0, 0.1) is 5.82 Å². The summed E-state index contributed by atoms with van der Waals surface area (Å²) in [6.07, 6.45) is 3.13. The summed E-state index contributed by atoms with van der Waals surface area (Å²) >= 11 is 0. The molecule has 4 aromatic rings. The summed E-state index contributed by atoms with van der Waals surface area (Å²) in [5, 5.41) is 11.2. The Bertz CT molecular complexity index is 1230. The highest BCUT2D eigenvalue weighted by atomic mass is 19.1. The number of nitrogens with zero attached hydrogens (tertiary/aromatic N) is 4. The molecule has 0 aliphatic carbocycles. The van der Waals surface area contributed by atoms with Gasteiger partial charge in [0.05, 0.1) is 24.7 Å². The van der Waals surface area contributed by atoms with E-state index in [1.165, 1.54) is 18.5 Å². The molecule has 2 aromatic carbocycles. The van der Waals surface area contributed by atoms with E-state index in [1.807, 2.05) is 6.92 Å². The van der Waals surface area contributed by atoms with E-state index < -0.39 is 0 Å².